The lowest BCUT2D eigenvalue weighted by Gasteiger charge is -2.12. The van der Waals surface area contributed by atoms with Crippen LogP contribution in [0, 0.1) is 0 Å². The molecule has 0 aliphatic rings. The fraction of sp³-hybridized carbons (Fsp3) is 0.545. The first kappa shape index (κ1) is 40.5. The number of ether oxygens (including phenoxy) is 1. The number of carboxylic acids is 2. The molecule has 41 heavy (non-hydrogen) atoms. The van der Waals surface area contributed by atoms with Gasteiger partial charge in [0.15, 0.2) is 0 Å². The van der Waals surface area contributed by atoms with Crippen LogP contribution in [0.2, 0.25) is 0 Å². The van der Waals surface area contributed by atoms with Crippen molar-refractivity contribution in [2.75, 3.05) is 26.2 Å². The van der Waals surface area contributed by atoms with Crippen LogP contribution in [-0.4, -0.2) is 77.6 Å². The van der Waals surface area contributed by atoms with E-state index >= 15 is 0 Å². The highest BCUT2D eigenvalue weighted by Crippen LogP contribution is 2.35. The Morgan fingerprint density at radius 2 is 1.29 bits per heavy atom. The molecule has 0 spiro atoms. The minimum atomic E-state index is -5.08. The number of unbranched alkanes of at least 4 members (excludes halogenated alkanes) is 3. The maximum absolute atomic E-state index is 12.2. The fourth-order valence-electron chi connectivity index (χ4n) is 2.39. The second-order valence-electron chi connectivity index (χ2n) is 7.67. The molecule has 0 atom stereocenters. The maximum Gasteiger partial charge on any atom is 0.490 e. The topological polar surface area (TPSA) is 198 Å². The Morgan fingerprint density at radius 3 is 1.68 bits per heavy atom. The van der Waals surface area contributed by atoms with E-state index in [2.05, 4.69) is 42.3 Å². The monoisotopic (exact) mass is 734 g/mol. The quantitative estimate of drug-likeness (QED) is 0.0565. The van der Waals surface area contributed by atoms with Crippen LogP contribution >= 0.6 is 31.9 Å². The van der Waals surface area contributed by atoms with E-state index in [1.807, 2.05) is 12.1 Å². The molecule has 0 heterocycles. The Hall–Kier alpha value is -2.64. The molecule has 11 nitrogen and oxygen atoms in total. The number of carbonyl (C=O) groups excluding carboxylic acids is 1. The highest BCUT2D eigenvalue weighted by molar-refractivity contribution is 9.11. The maximum atomic E-state index is 12.2. The van der Waals surface area contributed by atoms with Crippen molar-refractivity contribution in [1.82, 2.24) is 5.32 Å². The number of carboxylic acid groups (broad SMARTS) is 2. The molecule has 0 aliphatic heterocycles. The summed E-state index contributed by atoms with van der Waals surface area (Å²) in [6, 6.07) is 3.68. The molecule has 1 rings (SSSR count). The van der Waals surface area contributed by atoms with Crippen LogP contribution in [0.4, 0.5) is 26.3 Å². The molecule has 8 N–H and O–H groups in total. The van der Waals surface area contributed by atoms with E-state index < -0.39 is 24.3 Å². The third-order valence-electron chi connectivity index (χ3n) is 4.31. The fourth-order valence-corrected chi connectivity index (χ4v) is 3.90. The lowest BCUT2D eigenvalue weighted by atomic mass is 10.1. The van der Waals surface area contributed by atoms with Gasteiger partial charge in [0, 0.05) is 13.0 Å². The van der Waals surface area contributed by atoms with Crippen molar-refractivity contribution in [3.63, 3.8) is 0 Å². The van der Waals surface area contributed by atoms with Crippen molar-refractivity contribution in [3.05, 3.63) is 26.6 Å². The van der Waals surface area contributed by atoms with E-state index in [0.29, 0.717) is 32.0 Å². The molecule has 19 heteroatoms. The van der Waals surface area contributed by atoms with Gasteiger partial charge in [-0.1, -0.05) is 18.0 Å². The first-order valence-corrected chi connectivity index (χ1v) is 13.1. The van der Waals surface area contributed by atoms with Crippen molar-refractivity contribution in [3.8, 4) is 5.75 Å². The normalized spacial score (nSPS) is 11.4. The van der Waals surface area contributed by atoms with Crippen molar-refractivity contribution in [2.24, 2.45) is 16.6 Å². The predicted octanol–water partition coefficient (Wildman–Crippen LogP) is 4.21. The zero-order chi connectivity index (χ0) is 32.2. The summed E-state index contributed by atoms with van der Waals surface area (Å²) in [6.45, 7) is 2.31. The summed E-state index contributed by atoms with van der Waals surface area (Å²) in [4.78, 5) is 30.0. The van der Waals surface area contributed by atoms with Crippen LogP contribution in [0.3, 0.4) is 0 Å². The molecule has 0 bridgehead atoms. The Kier molecular flexibility index (Phi) is 20.9. The van der Waals surface area contributed by atoms with Crippen molar-refractivity contribution in [2.45, 2.75) is 50.9 Å². The Labute approximate surface area is 247 Å². The number of nitrogens with two attached hydrogens (primary N) is 2. The summed E-state index contributed by atoms with van der Waals surface area (Å²) in [5, 5.41) is 29.4. The van der Waals surface area contributed by atoms with Gasteiger partial charge in [0.25, 0.3) is 5.91 Å². The molecule has 0 aliphatic carbocycles. The van der Waals surface area contributed by atoms with Crippen molar-refractivity contribution in [1.29, 1.82) is 0 Å². The number of nitrogens with one attached hydrogen (secondary N) is 1. The summed E-state index contributed by atoms with van der Waals surface area (Å²) in [5.41, 5.74) is 11.8. The van der Waals surface area contributed by atoms with Gasteiger partial charge < -0.3 is 36.9 Å². The molecule has 0 saturated heterocycles. The summed E-state index contributed by atoms with van der Waals surface area (Å²) < 4.78 is 70.7. The van der Waals surface area contributed by atoms with Crippen LogP contribution in [0.25, 0.3) is 0 Å². The number of hydrogen-bond donors (Lipinski definition) is 6. The van der Waals surface area contributed by atoms with Crippen LogP contribution in [0.1, 0.15) is 37.7 Å². The summed E-state index contributed by atoms with van der Waals surface area (Å²) in [5.74, 6) is -5.21. The smallest absolute Gasteiger partial charge is 0.490 e. The Balaban J connectivity index is 0. The predicted molar refractivity (Wildman–Crippen MR) is 142 cm³/mol. The standard InChI is InChI=1S/C18H28Br2N4O3.2C2HF3O2/c19-14-10-13(11-15(20)17(14)27-9-5-7-22)12-16(24-26)18(25)23-8-4-2-1-3-6-21;2*3-2(4,5)1(6)7/h10-11,26H,1-9,12,21-22H2,(H,23,25);2*(H,6,7)/b24-16+;;. The average Bonchev–Trinajstić information content (AvgIpc) is 2.85. The molecular weight excluding hydrogens is 706 g/mol. The van der Waals surface area contributed by atoms with Gasteiger partial charge in [-0.2, -0.15) is 26.3 Å². The molecule has 0 saturated carbocycles. The van der Waals surface area contributed by atoms with Crippen LogP contribution in [0.15, 0.2) is 26.2 Å². The number of alkyl halides is 6. The van der Waals surface area contributed by atoms with Gasteiger partial charge in [-0.25, -0.2) is 9.59 Å². The zero-order valence-electron chi connectivity index (χ0n) is 21.3. The minimum absolute atomic E-state index is 0.0626. The summed E-state index contributed by atoms with van der Waals surface area (Å²) in [6.07, 6.45) is -5.28. The largest absolute Gasteiger partial charge is 0.491 e. The molecule has 0 radical (unpaired) electrons. The van der Waals surface area contributed by atoms with E-state index in [1.165, 1.54) is 0 Å². The first-order valence-electron chi connectivity index (χ1n) is 11.5. The van der Waals surface area contributed by atoms with Gasteiger partial charge in [0.05, 0.1) is 15.6 Å². The minimum Gasteiger partial charge on any atom is -0.491 e. The lowest BCUT2D eigenvalue weighted by Crippen LogP contribution is -2.33. The molecule has 236 valence electrons. The van der Waals surface area contributed by atoms with Gasteiger partial charge in [-0.05, 0) is 81.9 Å². The third kappa shape index (κ3) is 20.0. The number of benzene rings is 1. The molecule has 0 aromatic heterocycles. The summed E-state index contributed by atoms with van der Waals surface area (Å²) in [7, 11) is 0. The number of nitrogens with zero attached hydrogens (tertiary/aromatic N) is 1. The van der Waals surface area contributed by atoms with Gasteiger partial charge in [-0.15, -0.1) is 0 Å². The lowest BCUT2D eigenvalue weighted by molar-refractivity contribution is -0.193. The van der Waals surface area contributed by atoms with Crippen LogP contribution in [0.5, 0.6) is 5.75 Å². The molecule has 0 fully saturated rings. The number of rotatable bonds is 13. The molecule has 0 unspecified atom stereocenters. The Morgan fingerprint density at radius 1 is 0.854 bits per heavy atom. The molecular formula is C22H30Br2F6N4O7. The van der Waals surface area contributed by atoms with E-state index in [9.17, 15) is 36.3 Å². The number of hydrogen-bond acceptors (Lipinski definition) is 8. The van der Waals surface area contributed by atoms with E-state index in [4.69, 9.17) is 36.0 Å². The first-order chi connectivity index (χ1) is 18.9. The van der Waals surface area contributed by atoms with Gasteiger partial charge in [-0.3, -0.25) is 4.79 Å². The van der Waals surface area contributed by atoms with Gasteiger partial charge in [0.1, 0.15) is 11.5 Å². The number of carbonyl (C=O) groups is 3. The third-order valence-corrected chi connectivity index (χ3v) is 5.49. The van der Waals surface area contributed by atoms with E-state index in [1.54, 1.807) is 0 Å². The second kappa shape index (κ2) is 21.1. The number of oxime groups is 1. The average molecular weight is 736 g/mol. The summed E-state index contributed by atoms with van der Waals surface area (Å²) >= 11 is 6.95. The Bertz CT molecular complexity index is 949. The number of halogens is 8. The van der Waals surface area contributed by atoms with Gasteiger partial charge >= 0.3 is 24.3 Å². The highest BCUT2D eigenvalue weighted by atomic mass is 79.9. The number of amides is 1. The second-order valence-corrected chi connectivity index (χ2v) is 9.38. The van der Waals surface area contributed by atoms with E-state index in [-0.39, 0.29) is 18.0 Å². The molecule has 1 amide bonds. The zero-order valence-corrected chi connectivity index (χ0v) is 24.5. The SMILES string of the molecule is NCCCCCCNC(=O)/C(Cc1cc(Br)c(OCCCN)c(Br)c1)=N/O.O=C(O)C(F)(F)F.O=C(O)C(F)(F)F. The number of aliphatic carboxylic acids is 2. The molecule has 1 aromatic rings. The van der Waals surface area contributed by atoms with Crippen molar-refractivity contribution < 1.29 is 60.9 Å². The van der Waals surface area contributed by atoms with Crippen LogP contribution < -0.4 is 21.5 Å². The van der Waals surface area contributed by atoms with Gasteiger partial charge in [0.2, 0.25) is 0 Å². The highest BCUT2D eigenvalue weighted by Gasteiger charge is 2.38. The van der Waals surface area contributed by atoms with Crippen LogP contribution in [-0.2, 0) is 20.8 Å². The van der Waals surface area contributed by atoms with E-state index in [0.717, 1.165) is 46.6 Å². The van der Waals surface area contributed by atoms with Crippen molar-refractivity contribution >= 4 is 55.4 Å². The molecule has 1 aromatic carbocycles.